The van der Waals surface area contributed by atoms with Crippen LogP contribution >= 0.6 is 11.6 Å². The van der Waals surface area contributed by atoms with Gasteiger partial charge >= 0.3 is 5.97 Å². The Morgan fingerprint density at radius 3 is 2.93 bits per heavy atom. The molecule has 0 fully saturated rings. The van der Waals surface area contributed by atoms with Crippen LogP contribution in [0.2, 0.25) is 5.15 Å². The van der Waals surface area contributed by atoms with Gasteiger partial charge in [-0.3, -0.25) is 0 Å². The molecule has 15 heavy (non-hydrogen) atoms. The van der Waals surface area contributed by atoms with Crippen LogP contribution in [-0.2, 0) is 6.54 Å². The molecule has 0 saturated heterocycles. The Morgan fingerprint density at radius 1 is 1.60 bits per heavy atom. The fourth-order valence-electron chi connectivity index (χ4n) is 1.53. The number of aromatic nitrogens is 2. The highest BCUT2D eigenvalue weighted by molar-refractivity contribution is 6.30. The zero-order valence-corrected chi connectivity index (χ0v) is 8.82. The topological polar surface area (TPSA) is 55.1 Å². The summed E-state index contributed by atoms with van der Waals surface area (Å²) in [5, 5.41) is 10.1. The Kier molecular flexibility index (Phi) is 2.36. The van der Waals surface area contributed by atoms with Crippen molar-refractivity contribution in [3.63, 3.8) is 0 Å². The molecule has 5 heteroatoms. The van der Waals surface area contributed by atoms with Crippen molar-refractivity contribution in [1.82, 2.24) is 9.55 Å². The van der Waals surface area contributed by atoms with Crippen LogP contribution in [0.3, 0.4) is 0 Å². The number of hydrogen-bond donors (Lipinski definition) is 1. The highest BCUT2D eigenvalue weighted by Crippen LogP contribution is 2.22. The summed E-state index contributed by atoms with van der Waals surface area (Å²) in [4.78, 5) is 14.8. The normalized spacial score (nSPS) is 10.8. The number of fused-ring (bicyclic) bond motifs is 1. The van der Waals surface area contributed by atoms with Crippen molar-refractivity contribution in [2.45, 2.75) is 13.5 Å². The Morgan fingerprint density at radius 2 is 2.33 bits per heavy atom. The summed E-state index contributed by atoms with van der Waals surface area (Å²) in [5.41, 5.74) is 0.889. The monoisotopic (exact) mass is 224 g/mol. The van der Waals surface area contributed by atoms with Crippen LogP contribution in [0.5, 0.6) is 0 Å². The van der Waals surface area contributed by atoms with Gasteiger partial charge in [-0.2, -0.15) is 0 Å². The van der Waals surface area contributed by atoms with Crippen LogP contribution < -0.4 is 0 Å². The van der Waals surface area contributed by atoms with E-state index in [9.17, 15) is 4.79 Å². The Bertz CT molecular complexity index is 533. The number of carboxylic acids is 1. The van der Waals surface area contributed by atoms with E-state index in [-0.39, 0.29) is 5.56 Å². The third kappa shape index (κ3) is 1.57. The summed E-state index contributed by atoms with van der Waals surface area (Å²) in [7, 11) is 0. The zero-order chi connectivity index (χ0) is 11.0. The molecule has 0 radical (unpaired) electrons. The fourth-order valence-corrected chi connectivity index (χ4v) is 1.85. The first kappa shape index (κ1) is 9.98. The van der Waals surface area contributed by atoms with Gasteiger partial charge in [0.05, 0.1) is 5.56 Å². The first-order valence-corrected chi connectivity index (χ1v) is 4.89. The molecule has 0 aliphatic carbocycles. The maximum Gasteiger partial charge on any atom is 0.337 e. The van der Waals surface area contributed by atoms with Gasteiger partial charge in [-0.25, -0.2) is 9.78 Å². The maximum atomic E-state index is 10.7. The van der Waals surface area contributed by atoms with Crippen molar-refractivity contribution in [1.29, 1.82) is 0 Å². The third-order valence-electron chi connectivity index (χ3n) is 2.25. The predicted molar refractivity (Wildman–Crippen MR) is 57.4 cm³/mol. The highest BCUT2D eigenvalue weighted by atomic mass is 35.5. The minimum atomic E-state index is -0.982. The number of carbonyl (C=O) groups is 1. The van der Waals surface area contributed by atoms with Crippen LogP contribution in [0.15, 0.2) is 18.3 Å². The average molecular weight is 225 g/mol. The molecule has 0 aliphatic heterocycles. The lowest BCUT2D eigenvalue weighted by molar-refractivity contribution is 0.0696. The molecule has 2 rings (SSSR count). The molecule has 2 aromatic rings. The van der Waals surface area contributed by atoms with E-state index in [1.807, 2.05) is 11.5 Å². The minimum Gasteiger partial charge on any atom is -0.478 e. The molecule has 2 aromatic heterocycles. The lowest BCUT2D eigenvalue weighted by Crippen LogP contribution is -1.99. The van der Waals surface area contributed by atoms with Crippen molar-refractivity contribution >= 4 is 28.6 Å². The van der Waals surface area contributed by atoms with E-state index in [0.717, 1.165) is 5.39 Å². The molecule has 78 valence electrons. The molecule has 0 aromatic carbocycles. The van der Waals surface area contributed by atoms with Gasteiger partial charge in [0.15, 0.2) is 0 Å². The molecule has 0 unspecified atom stereocenters. The van der Waals surface area contributed by atoms with Crippen molar-refractivity contribution in [2.24, 2.45) is 0 Å². The van der Waals surface area contributed by atoms with Crippen molar-refractivity contribution in [3.05, 3.63) is 29.0 Å². The molecular formula is C10H9ClN2O2. The van der Waals surface area contributed by atoms with E-state index in [1.165, 1.54) is 6.20 Å². The van der Waals surface area contributed by atoms with Crippen molar-refractivity contribution in [3.8, 4) is 0 Å². The number of carboxylic acid groups (broad SMARTS) is 1. The Balaban J connectivity index is 2.69. The molecule has 2 heterocycles. The standard InChI is InChI=1S/C10H9ClN2O2/c1-2-13-8(11)4-6-3-7(10(14)15)5-12-9(6)13/h3-5H,2H2,1H3,(H,14,15). The lowest BCUT2D eigenvalue weighted by atomic mass is 10.2. The van der Waals surface area contributed by atoms with Gasteiger partial charge in [-0.15, -0.1) is 0 Å². The van der Waals surface area contributed by atoms with E-state index >= 15 is 0 Å². The largest absolute Gasteiger partial charge is 0.478 e. The molecule has 0 spiro atoms. The van der Waals surface area contributed by atoms with Gasteiger partial charge < -0.3 is 9.67 Å². The molecule has 0 saturated carbocycles. The van der Waals surface area contributed by atoms with Gasteiger partial charge in [0.2, 0.25) is 0 Å². The lowest BCUT2D eigenvalue weighted by Gasteiger charge is -2.01. The summed E-state index contributed by atoms with van der Waals surface area (Å²) in [6.07, 6.45) is 1.34. The quantitative estimate of drug-likeness (QED) is 0.852. The summed E-state index contributed by atoms with van der Waals surface area (Å²) in [5.74, 6) is -0.982. The smallest absolute Gasteiger partial charge is 0.337 e. The fraction of sp³-hybridized carbons (Fsp3) is 0.200. The Labute approximate surface area is 91.1 Å². The van der Waals surface area contributed by atoms with Gasteiger partial charge in [0.25, 0.3) is 0 Å². The summed E-state index contributed by atoms with van der Waals surface area (Å²) in [6.45, 7) is 2.67. The molecule has 0 atom stereocenters. The van der Waals surface area contributed by atoms with Crippen LogP contribution in [0.4, 0.5) is 0 Å². The second-order valence-electron chi connectivity index (χ2n) is 3.15. The van der Waals surface area contributed by atoms with Gasteiger partial charge in [0, 0.05) is 18.1 Å². The first-order valence-electron chi connectivity index (χ1n) is 4.51. The number of nitrogens with zero attached hydrogens (tertiary/aromatic N) is 2. The van der Waals surface area contributed by atoms with Crippen LogP contribution in [0, 0.1) is 0 Å². The average Bonchev–Trinajstić information content (AvgIpc) is 2.51. The van der Waals surface area contributed by atoms with Gasteiger partial charge in [-0.05, 0) is 19.1 Å². The van der Waals surface area contributed by atoms with E-state index < -0.39 is 5.97 Å². The number of rotatable bonds is 2. The van der Waals surface area contributed by atoms with Crippen molar-refractivity contribution < 1.29 is 9.90 Å². The van der Waals surface area contributed by atoms with E-state index in [1.54, 1.807) is 12.1 Å². The zero-order valence-electron chi connectivity index (χ0n) is 8.07. The molecule has 0 bridgehead atoms. The number of pyridine rings is 1. The summed E-state index contributed by atoms with van der Waals surface area (Å²) >= 11 is 5.98. The molecule has 0 amide bonds. The predicted octanol–water partition coefficient (Wildman–Crippen LogP) is 2.41. The third-order valence-corrected chi connectivity index (χ3v) is 2.56. The maximum absolute atomic E-state index is 10.7. The number of aryl methyl sites for hydroxylation is 1. The number of hydrogen-bond acceptors (Lipinski definition) is 2. The van der Waals surface area contributed by atoms with Crippen LogP contribution in [-0.4, -0.2) is 20.6 Å². The Hall–Kier alpha value is -1.55. The van der Waals surface area contributed by atoms with E-state index in [2.05, 4.69) is 4.98 Å². The van der Waals surface area contributed by atoms with Crippen molar-refractivity contribution in [2.75, 3.05) is 0 Å². The highest BCUT2D eigenvalue weighted by Gasteiger charge is 2.10. The molecular weight excluding hydrogens is 216 g/mol. The minimum absolute atomic E-state index is 0.174. The van der Waals surface area contributed by atoms with E-state index in [4.69, 9.17) is 16.7 Å². The molecule has 0 aliphatic rings. The van der Waals surface area contributed by atoms with Gasteiger partial charge in [0.1, 0.15) is 10.8 Å². The molecule has 4 nitrogen and oxygen atoms in total. The van der Waals surface area contributed by atoms with E-state index in [0.29, 0.717) is 17.3 Å². The second kappa shape index (κ2) is 3.55. The summed E-state index contributed by atoms with van der Waals surface area (Å²) < 4.78 is 1.82. The number of aromatic carboxylic acids is 1. The van der Waals surface area contributed by atoms with Crippen LogP contribution in [0.1, 0.15) is 17.3 Å². The first-order chi connectivity index (χ1) is 7.13. The van der Waals surface area contributed by atoms with Gasteiger partial charge in [-0.1, -0.05) is 11.6 Å². The van der Waals surface area contributed by atoms with Crippen LogP contribution in [0.25, 0.3) is 11.0 Å². The molecule has 1 N–H and O–H groups in total. The SMILES string of the molecule is CCn1c(Cl)cc2cc(C(=O)O)cnc21. The summed E-state index contributed by atoms with van der Waals surface area (Å²) in [6, 6.07) is 3.29. The number of halogens is 1. The second-order valence-corrected chi connectivity index (χ2v) is 3.54.